The van der Waals surface area contributed by atoms with Gasteiger partial charge in [0.2, 0.25) is 5.91 Å². The number of nitrogens with one attached hydrogen (secondary N) is 1. The van der Waals surface area contributed by atoms with Crippen molar-refractivity contribution in [1.29, 1.82) is 0 Å². The third kappa shape index (κ3) is 5.14. The number of hydrogen-bond acceptors (Lipinski definition) is 5. The fourth-order valence-corrected chi connectivity index (χ4v) is 5.14. The maximum absolute atomic E-state index is 13.5. The van der Waals surface area contributed by atoms with Gasteiger partial charge in [0.1, 0.15) is 0 Å². The van der Waals surface area contributed by atoms with Gasteiger partial charge >= 0.3 is 0 Å². The molecule has 0 bridgehead atoms. The van der Waals surface area contributed by atoms with Crippen LogP contribution in [0, 0.1) is 13.8 Å². The molecule has 0 radical (unpaired) electrons. The van der Waals surface area contributed by atoms with Crippen LogP contribution in [0.4, 0.5) is 5.69 Å². The third-order valence-corrected chi connectivity index (χ3v) is 7.09. The van der Waals surface area contributed by atoms with E-state index in [2.05, 4.69) is 5.32 Å². The number of nitrogens with zero attached hydrogens (tertiary/aromatic N) is 2. The average Bonchev–Trinajstić information content (AvgIpc) is 2.93. The van der Waals surface area contributed by atoms with Gasteiger partial charge in [-0.1, -0.05) is 84.1 Å². The first-order valence-electron chi connectivity index (χ1n) is 12.1. The van der Waals surface area contributed by atoms with E-state index in [0.717, 1.165) is 16.8 Å². The van der Waals surface area contributed by atoms with Crippen LogP contribution >= 0.6 is 11.8 Å². The molecule has 6 nitrogen and oxygen atoms in total. The zero-order valence-corrected chi connectivity index (χ0v) is 21.8. The minimum absolute atomic E-state index is 0.00352. The van der Waals surface area contributed by atoms with Gasteiger partial charge in [-0.3, -0.25) is 19.0 Å². The summed E-state index contributed by atoms with van der Waals surface area (Å²) in [5.41, 5.74) is 4.51. The number of hydrogen-bond donors (Lipinski definition) is 1. The Bertz CT molecular complexity index is 1730. The van der Waals surface area contributed by atoms with Crippen molar-refractivity contribution in [1.82, 2.24) is 9.55 Å². The summed E-state index contributed by atoms with van der Waals surface area (Å²) in [5, 5.41) is 3.80. The summed E-state index contributed by atoms with van der Waals surface area (Å²) in [4.78, 5) is 44.4. The Labute approximate surface area is 224 Å². The predicted molar refractivity (Wildman–Crippen MR) is 152 cm³/mol. The van der Waals surface area contributed by atoms with E-state index >= 15 is 0 Å². The number of aryl methyl sites for hydroxylation is 2. The Morgan fingerprint density at radius 2 is 1.58 bits per heavy atom. The molecule has 38 heavy (non-hydrogen) atoms. The lowest BCUT2D eigenvalue weighted by atomic mass is 10.0. The highest BCUT2D eigenvalue weighted by molar-refractivity contribution is 7.99. The molecule has 0 aliphatic heterocycles. The number of amides is 1. The van der Waals surface area contributed by atoms with Gasteiger partial charge in [0, 0.05) is 11.1 Å². The van der Waals surface area contributed by atoms with Crippen LogP contribution in [0.15, 0.2) is 107 Å². The molecule has 0 unspecified atom stereocenters. The van der Waals surface area contributed by atoms with Crippen LogP contribution in [0.3, 0.4) is 0 Å². The fraction of sp³-hybridized carbons (Fsp3) is 0.0968. The molecule has 0 atom stereocenters. The van der Waals surface area contributed by atoms with E-state index in [1.807, 2.05) is 50.2 Å². The number of para-hydroxylation sites is 2. The molecule has 0 fully saturated rings. The van der Waals surface area contributed by atoms with E-state index in [1.165, 1.54) is 11.8 Å². The molecule has 1 aromatic heterocycles. The summed E-state index contributed by atoms with van der Waals surface area (Å²) >= 11 is 1.18. The molecule has 1 N–H and O–H groups in total. The number of carbonyl (C=O) groups excluding carboxylic acids is 2. The Balaban J connectivity index is 1.44. The summed E-state index contributed by atoms with van der Waals surface area (Å²) in [5.74, 6) is -0.476. The molecule has 0 saturated heterocycles. The van der Waals surface area contributed by atoms with Crippen LogP contribution < -0.4 is 10.9 Å². The molecule has 0 aliphatic carbocycles. The Hall–Kier alpha value is -4.49. The topological polar surface area (TPSA) is 81.1 Å². The maximum Gasteiger partial charge on any atom is 0.266 e. The Morgan fingerprint density at radius 1 is 0.868 bits per heavy atom. The van der Waals surface area contributed by atoms with E-state index in [4.69, 9.17) is 4.98 Å². The highest BCUT2D eigenvalue weighted by atomic mass is 32.2. The van der Waals surface area contributed by atoms with Gasteiger partial charge in [-0.15, -0.1) is 0 Å². The summed E-state index contributed by atoms with van der Waals surface area (Å²) in [6.45, 7) is 3.95. The number of benzene rings is 4. The van der Waals surface area contributed by atoms with Crippen molar-refractivity contribution in [2.75, 3.05) is 11.1 Å². The van der Waals surface area contributed by atoms with Crippen molar-refractivity contribution in [3.8, 4) is 5.69 Å². The molecule has 0 aliphatic rings. The molecule has 1 heterocycles. The second kappa shape index (κ2) is 10.9. The third-order valence-electron chi connectivity index (χ3n) is 6.15. The average molecular weight is 520 g/mol. The number of fused-ring (bicyclic) bond motifs is 1. The quantitative estimate of drug-likeness (QED) is 0.163. The summed E-state index contributed by atoms with van der Waals surface area (Å²) in [6, 6.07) is 28.9. The highest BCUT2D eigenvalue weighted by Crippen LogP contribution is 2.25. The zero-order valence-electron chi connectivity index (χ0n) is 21.0. The molecule has 188 valence electrons. The second-order valence-corrected chi connectivity index (χ2v) is 9.86. The van der Waals surface area contributed by atoms with Gasteiger partial charge in [0.15, 0.2) is 10.9 Å². The van der Waals surface area contributed by atoms with Crippen LogP contribution in [0.25, 0.3) is 16.6 Å². The van der Waals surface area contributed by atoms with Crippen LogP contribution in [0.1, 0.15) is 27.0 Å². The van der Waals surface area contributed by atoms with Crippen LogP contribution in [-0.4, -0.2) is 27.0 Å². The minimum Gasteiger partial charge on any atom is -0.325 e. The first kappa shape index (κ1) is 25.2. The zero-order chi connectivity index (χ0) is 26.6. The molecular formula is C31H25N3O3S. The van der Waals surface area contributed by atoms with Crippen molar-refractivity contribution in [3.05, 3.63) is 130 Å². The molecule has 5 rings (SSSR count). The van der Waals surface area contributed by atoms with Crippen molar-refractivity contribution in [2.24, 2.45) is 0 Å². The molecule has 1 amide bonds. The minimum atomic E-state index is -0.308. The fourth-order valence-electron chi connectivity index (χ4n) is 4.33. The van der Waals surface area contributed by atoms with Gasteiger partial charge in [-0.25, -0.2) is 4.98 Å². The summed E-state index contributed by atoms with van der Waals surface area (Å²) in [6.07, 6.45) is 0. The normalized spacial score (nSPS) is 10.9. The Morgan fingerprint density at radius 3 is 2.37 bits per heavy atom. The first-order valence-corrected chi connectivity index (χ1v) is 13.1. The van der Waals surface area contributed by atoms with Gasteiger partial charge in [0.25, 0.3) is 5.56 Å². The number of ketones is 1. The molecule has 0 spiro atoms. The number of thioether (sulfide) groups is 1. The van der Waals surface area contributed by atoms with Crippen molar-refractivity contribution >= 4 is 40.0 Å². The van der Waals surface area contributed by atoms with E-state index in [9.17, 15) is 14.4 Å². The maximum atomic E-state index is 13.5. The lowest BCUT2D eigenvalue weighted by Gasteiger charge is -2.16. The second-order valence-electron chi connectivity index (χ2n) is 8.92. The van der Waals surface area contributed by atoms with Crippen molar-refractivity contribution in [3.63, 3.8) is 0 Å². The van der Waals surface area contributed by atoms with Gasteiger partial charge in [-0.05, 0) is 49.7 Å². The molecular weight excluding hydrogens is 494 g/mol. The van der Waals surface area contributed by atoms with Crippen LogP contribution in [0.5, 0.6) is 0 Å². The van der Waals surface area contributed by atoms with Gasteiger partial charge < -0.3 is 5.32 Å². The smallest absolute Gasteiger partial charge is 0.266 e. The van der Waals surface area contributed by atoms with E-state index in [1.54, 1.807) is 65.2 Å². The van der Waals surface area contributed by atoms with E-state index < -0.39 is 0 Å². The molecule has 5 aromatic rings. The largest absolute Gasteiger partial charge is 0.325 e. The lowest BCUT2D eigenvalue weighted by Crippen LogP contribution is -2.23. The molecule has 0 saturated carbocycles. The first-order chi connectivity index (χ1) is 18.4. The SMILES string of the molecule is Cc1ccc(-n2c(SCC(=O)Nc3ccccc3C(=O)c3ccccc3)nc3ccccc3c2=O)c(C)c1. The van der Waals surface area contributed by atoms with Crippen LogP contribution in [0.2, 0.25) is 0 Å². The highest BCUT2D eigenvalue weighted by Gasteiger charge is 2.18. The number of aromatic nitrogens is 2. The van der Waals surface area contributed by atoms with Crippen molar-refractivity contribution in [2.45, 2.75) is 19.0 Å². The monoisotopic (exact) mass is 519 g/mol. The predicted octanol–water partition coefficient (Wildman–Crippen LogP) is 5.96. The standard InChI is InChI=1S/C31H25N3O3S/c1-20-16-17-27(21(2)18-20)34-30(37)24-13-7-9-15-26(24)33-31(34)38-19-28(35)32-25-14-8-6-12-23(25)29(36)22-10-4-3-5-11-22/h3-18H,19H2,1-2H3,(H,32,35). The van der Waals surface area contributed by atoms with Crippen LogP contribution in [-0.2, 0) is 4.79 Å². The van der Waals surface area contributed by atoms with Crippen molar-refractivity contribution < 1.29 is 9.59 Å². The molecule has 4 aromatic carbocycles. The number of anilines is 1. The Kier molecular flexibility index (Phi) is 7.20. The van der Waals surface area contributed by atoms with Gasteiger partial charge in [0.05, 0.1) is 28.0 Å². The summed E-state index contributed by atoms with van der Waals surface area (Å²) in [7, 11) is 0. The van der Waals surface area contributed by atoms with E-state index in [0.29, 0.717) is 32.9 Å². The lowest BCUT2D eigenvalue weighted by molar-refractivity contribution is -0.113. The molecule has 7 heteroatoms. The summed E-state index contributed by atoms with van der Waals surface area (Å²) < 4.78 is 1.57. The number of rotatable bonds is 7. The van der Waals surface area contributed by atoms with Gasteiger partial charge in [-0.2, -0.15) is 0 Å². The van der Waals surface area contributed by atoms with E-state index in [-0.39, 0.29) is 23.0 Å². The number of carbonyl (C=O) groups is 2.